The van der Waals surface area contributed by atoms with Crippen LogP contribution >= 0.6 is 0 Å². The van der Waals surface area contributed by atoms with E-state index in [4.69, 9.17) is 10.5 Å². The van der Waals surface area contributed by atoms with Crippen molar-refractivity contribution in [1.29, 1.82) is 0 Å². The van der Waals surface area contributed by atoms with Crippen molar-refractivity contribution in [2.75, 3.05) is 0 Å². The van der Waals surface area contributed by atoms with E-state index in [1.165, 1.54) is 0 Å². The van der Waals surface area contributed by atoms with Gasteiger partial charge >= 0.3 is 12.2 Å². The van der Waals surface area contributed by atoms with Crippen molar-refractivity contribution in [1.82, 2.24) is 9.97 Å². The predicted molar refractivity (Wildman–Crippen MR) is 53.3 cm³/mol. The molecule has 1 saturated carbocycles. The zero-order valence-electron chi connectivity index (χ0n) is 8.94. The summed E-state index contributed by atoms with van der Waals surface area (Å²) in [5.74, 6) is 0. The molecule has 0 aliphatic heterocycles. The summed E-state index contributed by atoms with van der Waals surface area (Å²) in [5.41, 5.74) is 4.68. The smallest absolute Gasteiger partial charge is 0.433 e. The molecular weight excluding hydrogens is 235 g/mol. The molecule has 1 aliphatic carbocycles. The minimum absolute atomic E-state index is 0.0470. The van der Waals surface area contributed by atoms with Gasteiger partial charge < -0.3 is 10.5 Å². The second kappa shape index (κ2) is 4.48. The first-order valence-electron chi connectivity index (χ1n) is 5.27. The Morgan fingerprint density at radius 1 is 1.35 bits per heavy atom. The largest absolute Gasteiger partial charge is 0.460 e. The molecule has 0 bridgehead atoms. The Morgan fingerprint density at radius 3 is 2.71 bits per heavy atom. The van der Waals surface area contributed by atoms with E-state index < -0.39 is 11.9 Å². The van der Waals surface area contributed by atoms with Gasteiger partial charge in [0.2, 0.25) is 0 Å². The first kappa shape index (κ1) is 12.1. The second-order valence-corrected chi connectivity index (χ2v) is 4.04. The van der Waals surface area contributed by atoms with Crippen molar-refractivity contribution in [2.45, 2.75) is 37.6 Å². The highest BCUT2D eigenvalue weighted by molar-refractivity contribution is 5.09. The van der Waals surface area contributed by atoms with Crippen molar-refractivity contribution in [3.05, 3.63) is 18.0 Å². The lowest BCUT2D eigenvalue weighted by molar-refractivity contribution is -0.141. The summed E-state index contributed by atoms with van der Waals surface area (Å²) >= 11 is 0. The van der Waals surface area contributed by atoms with E-state index >= 15 is 0 Å². The molecule has 1 fully saturated rings. The number of ether oxygens (including phenoxy) is 1. The van der Waals surface area contributed by atoms with Crippen molar-refractivity contribution >= 4 is 0 Å². The molecule has 0 saturated heterocycles. The first-order chi connectivity index (χ1) is 7.95. The topological polar surface area (TPSA) is 61.0 Å². The molecule has 0 spiro atoms. The lowest BCUT2D eigenvalue weighted by atomic mass is 10.3. The van der Waals surface area contributed by atoms with Gasteiger partial charge in [-0.15, -0.1) is 0 Å². The number of hydrogen-bond donors (Lipinski definition) is 1. The van der Waals surface area contributed by atoms with Gasteiger partial charge in [0, 0.05) is 12.2 Å². The van der Waals surface area contributed by atoms with Crippen LogP contribution in [-0.4, -0.2) is 22.1 Å². The Hall–Kier alpha value is -1.37. The Morgan fingerprint density at radius 2 is 2.12 bits per heavy atom. The maximum Gasteiger partial charge on any atom is 0.433 e. The zero-order valence-corrected chi connectivity index (χ0v) is 8.94. The van der Waals surface area contributed by atoms with Crippen LogP contribution in [0.4, 0.5) is 13.2 Å². The third-order valence-corrected chi connectivity index (χ3v) is 2.62. The predicted octanol–water partition coefficient (Wildman–Crippen LogP) is 1.75. The first-order valence-corrected chi connectivity index (χ1v) is 5.27. The molecule has 17 heavy (non-hydrogen) atoms. The molecule has 2 rings (SSSR count). The van der Waals surface area contributed by atoms with E-state index in [0.717, 1.165) is 25.1 Å². The Kier molecular flexibility index (Phi) is 3.19. The fourth-order valence-electron chi connectivity index (χ4n) is 1.78. The van der Waals surface area contributed by atoms with Crippen LogP contribution in [-0.2, 0) is 6.18 Å². The molecule has 2 atom stereocenters. The van der Waals surface area contributed by atoms with Crippen molar-refractivity contribution in [3.8, 4) is 6.01 Å². The van der Waals surface area contributed by atoms with E-state index in [-0.39, 0.29) is 18.2 Å². The van der Waals surface area contributed by atoms with E-state index in [1.807, 2.05) is 0 Å². The molecule has 94 valence electrons. The molecule has 1 aromatic heterocycles. The van der Waals surface area contributed by atoms with Gasteiger partial charge in [0.25, 0.3) is 0 Å². The van der Waals surface area contributed by atoms with Gasteiger partial charge in [0.05, 0.1) is 0 Å². The van der Waals surface area contributed by atoms with E-state index in [9.17, 15) is 13.2 Å². The van der Waals surface area contributed by atoms with Gasteiger partial charge in [0.1, 0.15) is 6.10 Å². The average Bonchev–Trinajstić information content (AvgIpc) is 2.63. The van der Waals surface area contributed by atoms with Crippen molar-refractivity contribution in [2.24, 2.45) is 5.73 Å². The molecule has 7 heteroatoms. The van der Waals surface area contributed by atoms with Crippen LogP contribution in [0.2, 0.25) is 0 Å². The van der Waals surface area contributed by atoms with E-state index in [0.29, 0.717) is 6.42 Å². The maximum absolute atomic E-state index is 12.4. The number of nitrogens with two attached hydrogens (primary N) is 1. The molecule has 2 unspecified atom stereocenters. The highest BCUT2D eigenvalue weighted by Gasteiger charge is 2.33. The summed E-state index contributed by atoms with van der Waals surface area (Å²) < 4.78 is 42.4. The highest BCUT2D eigenvalue weighted by atomic mass is 19.4. The number of nitrogens with zero attached hydrogens (tertiary/aromatic N) is 2. The quantitative estimate of drug-likeness (QED) is 0.864. The minimum atomic E-state index is -4.48. The summed E-state index contributed by atoms with van der Waals surface area (Å²) in [5, 5.41) is 0. The van der Waals surface area contributed by atoms with Crippen LogP contribution in [0.1, 0.15) is 25.0 Å². The fraction of sp³-hybridized carbons (Fsp3) is 0.600. The second-order valence-electron chi connectivity index (χ2n) is 4.04. The SMILES string of the molecule is NC1CCC(Oc2nccc(C(F)(F)F)n2)C1. The molecule has 2 N–H and O–H groups in total. The van der Waals surface area contributed by atoms with Gasteiger partial charge in [-0.3, -0.25) is 0 Å². The summed E-state index contributed by atoms with van der Waals surface area (Å²) in [7, 11) is 0. The van der Waals surface area contributed by atoms with Crippen LogP contribution in [0.15, 0.2) is 12.3 Å². The summed E-state index contributed by atoms with van der Waals surface area (Å²) in [6.45, 7) is 0. The Labute approximate surface area is 96.0 Å². The summed E-state index contributed by atoms with van der Waals surface area (Å²) in [4.78, 5) is 7.00. The molecule has 0 amide bonds. The molecule has 0 radical (unpaired) electrons. The zero-order chi connectivity index (χ0) is 12.5. The van der Waals surface area contributed by atoms with Crippen LogP contribution in [0.25, 0.3) is 0 Å². The van der Waals surface area contributed by atoms with Crippen LogP contribution in [0.3, 0.4) is 0 Å². The lowest BCUT2D eigenvalue weighted by Crippen LogP contribution is -2.20. The van der Waals surface area contributed by atoms with Gasteiger partial charge in [-0.05, 0) is 25.3 Å². The molecule has 1 aliphatic rings. The number of hydrogen-bond acceptors (Lipinski definition) is 4. The van der Waals surface area contributed by atoms with Gasteiger partial charge in [-0.1, -0.05) is 0 Å². The van der Waals surface area contributed by atoms with Gasteiger partial charge in [-0.2, -0.15) is 18.2 Å². The normalized spacial score (nSPS) is 24.9. The van der Waals surface area contributed by atoms with Crippen molar-refractivity contribution in [3.63, 3.8) is 0 Å². The number of halogens is 3. The number of aromatic nitrogens is 2. The van der Waals surface area contributed by atoms with Gasteiger partial charge in [0.15, 0.2) is 5.69 Å². The standard InChI is InChI=1S/C10H12F3N3O/c11-10(12,13)8-3-4-15-9(16-8)17-7-2-1-6(14)5-7/h3-4,6-7H,1-2,5,14H2. The molecule has 4 nitrogen and oxygen atoms in total. The average molecular weight is 247 g/mol. The summed E-state index contributed by atoms with van der Waals surface area (Å²) in [6.07, 6.45) is -1.47. The monoisotopic (exact) mass is 247 g/mol. The Balaban J connectivity index is 2.06. The minimum Gasteiger partial charge on any atom is -0.460 e. The Bertz CT molecular complexity index is 397. The molecule has 0 aromatic carbocycles. The molecule has 1 heterocycles. The molecule has 1 aromatic rings. The summed E-state index contributed by atoms with van der Waals surface area (Å²) in [6, 6.07) is 0.623. The highest BCUT2D eigenvalue weighted by Crippen LogP contribution is 2.28. The van der Waals surface area contributed by atoms with E-state index in [2.05, 4.69) is 9.97 Å². The third kappa shape index (κ3) is 3.06. The van der Waals surface area contributed by atoms with Crippen LogP contribution in [0, 0.1) is 0 Å². The van der Waals surface area contributed by atoms with Gasteiger partial charge in [-0.25, -0.2) is 4.98 Å². The fourth-order valence-corrected chi connectivity index (χ4v) is 1.78. The lowest BCUT2D eigenvalue weighted by Gasteiger charge is -2.12. The third-order valence-electron chi connectivity index (χ3n) is 2.62. The van der Waals surface area contributed by atoms with Crippen LogP contribution in [0.5, 0.6) is 6.01 Å². The number of alkyl halides is 3. The van der Waals surface area contributed by atoms with Crippen LogP contribution < -0.4 is 10.5 Å². The van der Waals surface area contributed by atoms with Crippen molar-refractivity contribution < 1.29 is 17.9 Å². The number of rotatable bonds is 2. The van der Waals surface area contributed by atoms with E-state index in [1.54, 1.807) is 0 Å². The molecular formula is C10H12F3N3O. The maximum atomic E-state index is 12.4.